The van der Waals surface area contributed by atoms with Crippen LogP contribution in [0.1, 0.15) is 52.2 Å². The van der Waals surface area contributed by atoms with Crippen LogP contribution in [0.2, 0.25) is 0 Å². The van der Waals surface area contributed by atoms with Crippen LogP contribution < -0.4 is 10.6 Å². The lowest BCUT2D eigenvalue weighted by Gasteiger charge is -2.40. The molecule has 1 saturated carbocycles. The number of hydrogen-bond donors (Lipinski definition) is 3. The molecule has 3 aromatic rings. The Morgan fingerprint density at radius 3 is 2.14 bits per heavy atom. The number of ether oxygens (including phenoxy) is 1. The minimum Gasteiger partial charge on any atom is -0.478 e. The zero-order chi connectivity index (χ0) is 24.6. The van der Waals surface area contributed by atoms with Crippen molar-refractivity contribution in [2.24, 2.45) is 0 Å². The van der Waals surface area contributed by atoms with E-state index >= 15 is 0 Å². The van der Waals surface area contributed by atoms with Crippen LogP contribution in [0.15, 0.2) is 66.7 Å². The highest BCUT2D eigenvalue weighted by molar-refractivity contribution is 6.01. The zero-order valence-corrected chi connectivity index (χ0v) is 19.3. The van der Waals surface area contributed by atoms with Crippen LogP contribution in [0.3, 0.4) is 0 Å². The van der Waals surface area contributed by atoms with Crippen LogP contribution in [0, 0.1) is 6.92 Å². The number of hydrogen-bond acceptors (Lipinski definition) is 4. The number of aryl methyl sites for hydroxylation is 1. The SMILES string of the molecule is Cc1cc(C(=O)O)ccc1NC(=O)C1(NC(=O)OCC2c3ccccc3-c3ccccc32)CCC1. The van der Waals surface area contributed by atoms with Crippen molar-refractivity contribution >= 4 is 23.7 Å². The monoisotopic (exact) mass is 470 g/mol. The number of aromatic carboxylic acids is 1. The average molecular weight is 471 g/mol. The number of nitrogens with one attached hydrogen (secondary N) is 2. The quantitative estimate of drug-likeness (QED) is 0.465. The predicted molar refractivity (Wildman–Crippen MR) is 132 cm³/mol. The van der Waals surface area contributed by atoms with Gasteiger partial charge in [-0.3, -0.25) is 4.79 Å². The number of carbonyl (C=O) groups is 3. The standard InChI is InChI=1S/C28H26N2O5/c1-17-15-18(25(31)32)11-12-24(17)29-26(33)28(13-6-14-28)30-27(34)35-16-23-21-9-4-2-7-19(21)20-8-3-5-10-22(20)23/h2-5,7-12,15,23H,6,13-14,16H2,1H3,(H,29,33)(H,30,34)(H,31,32). The maximum absolute atomic E-state index is 13.1. The van der Waals surface area contributed by atoms with E-state index in [1.807, 2.05) is 24.3 Å². The lowest BCUT2D eigenvalue weighted by molar-refractivity contribution is -0.125. The minimum atomic E-state index is -1.04. The summed E-state index contributed by atoms with van der Waals surface area (Å²) >= 11 is 0. The summed E-state index contributed by atoms with van der Waals surface area (Å²) in [6, 6.07) is 20.7. The first-order valence-corrected chi connectivity index (χ1v) is 11.7. The Labute approximate surface area is 203 Å². The van der Waals surface area contributed by atoms with Gasteiger partial charge in [-0.05, 0) is 72.2 Å². The van der Waals surface area contributed by atoms with E-state index in [0.717, 1.165) is 28.7 Å². The van der Waals surface area contributed by atoms with Crippen molar-refractivity contribution in [3.05, 3.63) is 89.0 Å². The van der Waals surface area contributed by atoms with Gasteiger partial charge in [-0.2, -0.15) is 0 Å². The van der Waals surface area contributed by atoms with Gasteiger partial charge in [0.25, 0.3) is 0 Å². The van der Waals surface area contributed by atoms with E-state index < -0.39 is 17.6 Å². The number of benzene rings is 3. The van der Waals surface area contributed by atoms with Gasteiger partial charge in [0.1, 0.15) is 12.1 Å². The molecule has 0 heterocycles. The van der Waals surface area contributed by atoms with Gasteiger partial charge >= 0.3 is 12.1 Å². The molecule has 0 unspecified atom stereocenters. The third-order valence-corrected chi connectivity index (χ3v) is 7.05. The Morgan fingerprint density at radius 2 is 1.60 bits per heavy atom. The van der Waals surface area contributed by atoms with Crippen molar-refractivity contribution < 1.29 is 24.2 Å². The lowest BCUT2D eigenvalue weighted by Crippen LogP contribution is -2.61. The molecule has 3 aromatic carbocycles. The van der Waals surface area contributed by atoms with Gasteiger partial charge in [-0.25, -0.2) is 9.59 Å². The highest BCUT2D eigenvalue weighted by Crippen LogP contribution is 2.44. The number of fused-ring (bicyclic) bond motifs is 3. The number of anilines is 1. The molecule has 1 fully saturated rings. The summed E-state index contributed by atoms with van der Waals surface area (Å²) in [6.07, 6.45) is 1.21. The van der Waals surface area contributed by atoms with E-state index in [0.29, 0.717) is 24.1 Å². The first kappa shape index (κ1) is 22.7. The molecule has 0 aliphatic heterocycles. The first-order valence-electron chi connectivity index (χ1n) is 11.7. The van der Waals surface area contributed by atoms with E-state index in [-0.39, 0.29) is 24.0 Å². The smallest absolute Gasteiger partial charge is 0.408 e. The summed E-state index contributed by atoms with van der Waals surface area (Å²) < 4.78 is 5.64. The average Bonchev–Trinajstić information content (AvgIpc) is 3.15. The summed E-state index contributed by atoms with van der Waals surface area (Å²) in [5.74, 6) is -1.42. The van der Waals surface area contributed by atoms with Crippen LogP contribution in [0.5, 0.6) is 0 Å². The van der Waals surface area contributed by atoms with Gasteiger partial charge in [0.05, 0.1) is 5.56 Å². The predicted octanol–water partition coefficient (Wildman–Crippen LogP) is 5.09. The summed E-state index contributed by atoms with van der Waals surface area (Å²) in [5.41, 5.74) is 4.80. The number of carboxylic acid groups (broad SMARTS) is 1. The fourth-order valence-electron chi connectivity index (χ4n) is 4.95. The van der Waals surface area contributed by atoms with Gasteiger partial charge in [0.15, 0.2) is 0 Å². The highest BCUT2D eigenvalue weighted by Gasteiger charge is 2.46. The molecule has 7 nitrogen and oxygen atoms in total. The van der Waals surface area contributed by atoms with Gasteiger partial charge in [-0.1, -0.05) is 48.5 Å². The van der Waals surface area contributed by atoms with Crippen molar-refractivity contribution in [1.82, 2.24) is 5.32 Å². The molecule has 35 heavy (non-hydrogen) atoms. The number of alkyl carbamates (subject to hydrolysis) is 1. The van der Waals surface area contributed by atoms with Crippen LogP contribution in [0.25, 0.3) is 11.1 Å². The van der Waals surface area contributed by atoms with E-state index in [2.05, 4.69) is 34.9 Å². The molecule has 0 atom stereocenters. The summed E-state index contributed by atoms with van der Waals surface area (Å²) in [5, 5.41) is 14.8. The highest BCUT2D eigenvalue weighted by atomic mass is 16.5. The molecule has 0 aromatic heterocycles. The lowest BCUT2D eigenvalue weighted by atomic mass is 9.76. The third kappa shape index (κ3) is 4.14. The molecule has 2 amide bonds. The molecule has 2 aliphatic carbocycles. The second kappa shape index (κ2) is 8.91. The van der Waals surface area contributed by atoms with Gasteiger partial charge < -0.3 is 20.5 Å². The topological polar surface area (TPSA) is 105 Å². The number of carboxylic acids is 1. The molecule has 5 rings (SSSR count). The Kier molecular flexibility index (Phi) is 5.76. The van der Waals surface area contributed by atoms with Crippen molar-refractivity contribution in [2.45, 2.75) is 37.6 Å². The van der Waals surface area contributed by atoms with E-state index in [1.54, 1.807) is 13.0 Å². The minimum absolute atomic E-state index is 0.0604. The Bertz CT molecular complexity index is 1280. The normalized spacial score (nSPS) is 15.3. The van der Waals surface area contributed by atoms with Crippen molar-refractivity contribution in [3.8, 4) is 11.1 Å². The van der Waals surface area contributed by atoms with E-state index in [1.165, 1.54) is 12.1 Å². The summed E-state index contributed by atoms with van der Waals surface area (Å²) in [4.78, 5) is 37.1. The zero-order valence-electron chi connectivity index (χ0n) is 19.3. The third-order valence-electron chi connectivity index (χ3n) is 7.05. The van der Waals surface area contributed by atoms with Crippen LogP contribution in [-0.2, 0) is 9.53 Å². The summed E-state index contributed by atoms with van der Waals surface area (Å²) in [7, 11) is 0. The van der Waals surface area contributed by atoms with Gasteiger partial charge in [0, 0.05) is 11.6 Å². The van der Waals surface area contributed by atoms with Crippen molar-refractivity contribution in [2.75, 3.05) is 11.9 Å². The largest absolute Gasteiger partial charge is 0.478 e. The molecule has 3 N–H and O–H groups in total. The second-order valence-electron chi connectivity index (χ2n) is 9.18. The van der Waals surface area contributed by atoms with Crippen LogP contribution in [-0.4, -0.2) is 35.2 Å². The van der Waals surface area contributed by atoms with Gasteiger partial charge in [0.2, 0.25) is 5.91 Å². The molecule has 2 aliphatic rings. The number of rotatable bonds is 6. The molecular formula is C28H26N2O5. The molecule has 0 bridgehead atoms. The maximum atomic E-state index is 13.1. The van der Waals surface area contributed by atoms with E-state index in [9.17, 15) is 14.4 Å². The summed E-state index contributed by atoms with van der Waals surface area (Å²) in [6.45, 7) is 1.90. The number of carbonyl (C=O) groups excluding carboxylic acids is 2. The fraction of sp³-hybridized carbons (Fsp3) is 0.250. The Morgan fingerprint density at radius 1 is 0.971 bits per heavy atom. The van der Waals surface area contributed by atoms with Crippen molar-refractivity contribution in [1.29, 1.82) is 0 Å². The van der Waals surface area contributed by atoms with Crippen LogP contribution >= 0.6 is 0 Å². The Hall–Kier alpha value is -4.13. The van der Waals surface area contributed by atoms with Crippen molar-refractivity contribution in [3.63, 3.8) is 0 Å². The van der Waals surface area contributed by atoms with Gasteiger partial charge in [-0.15, -0.1) is 0 Å². The second-order valence-corrected chi connectivity index (χ2v) is 9.18. The van der Waals surface area contributed by atoms with E-state index in [4.69, 9.17) is 9.84 Å². The first-order chi connectivity index (χ1) is 16.9. The number of amides is 2. The molecule has 0 spiro atoms. The molecule has 0 saturated heterocycles. The maximum Gasteiger partial charge on any atom is 0.408 e. The Balaban J connectivity index is 1.26. The molecule has 7 heteroatoms. The van der Waals surface area contributed by atoms with Crippen LogP contribution in [0.4, 0.5) is 10.5 Å². The molecular weight excluding hydrogens is 444 g/mol. The molecule has 0 radical (unpaired) electrons. The fourth-order valence-corrected chi connectivity index (χ4v) is 4.95. The molecule has 178 valence electrons.